The van der Waals surface area contributed by atoms with Crippen LogP contribution < -0.4 is 0 Å². The minimum Gasteiger partial charge on any atom is -0.478 e. The van der Waals surface area contributed by atoms with E-state index in [1.165, 1.54) is 24.7 Å². The fourth-order valence-electron chi connectivity index (χ4n) is 1.57. The van der Waals surface area contributed by atoms with Gasteiger partial charge >= 0.3 is 5.97 Å². The molecule has 2 aromatic heterocycles. The Labute approximate surface area is 95.3 Å². The van der Waals surface area contributed by atoms with Crippen LogP contribution >= 0.6 is 0 Å². The molecule has 3 aromatic rings. The second-order valence-electron chi connectivity index (χ2n) is 3.52. The molecule has 0 saturated carbocycles. The molecule has 84 valence electrons. The molecular weight excluding hydrogens is 222 g/mol. The van der Waals surface area contributed by atoms with E-state index in [0.717, 1.165) is 5.56 Å². The number of aromatic carboxylic acids is 1. The van der Waals surface area contributed by atoms with Gasteiger partial charge in [0, 0.05) is 0 Å². The number of furan rings is 1. The number of rotatable bonds is 2. The smallest absolute Gasteiger partial charge is 0.335 e. The van der Waals surface area contributed by atoms with Crippen molar-refractivity contribution in [2.24, 2.45) is 0 Å². The summed E-state index contributed by atoms with van der Waals surface area (Å²) >= 11 is 0. The lowest BCUT2D eigenvalue weighted by molar-refractivity contribution is 0.0697. The highest BCUT2D eigenvalue weighted by molar-refractivity contribution is 5.92. The number of benzene rings is 1. The van der Waals surface area contributed by atoms with Crippen molar-refractivity contribution in [3.05, 3.63) is 42.4 Å². The maximum Gasteiger partial charge on any atom is 0.335 e. The molecular formula is C12H7NO4. The third-order valence-electron chi connectivity index (χ3n) is 2.40. The summed E-state index contributed by atoms with van der Waals surface area (Å²) in [6.07, 6.45) is 3.04. The molecule has 1 aromatic carbocycles. The van der Waals surface area contributed by atoms with Crippen LogP contribution in [0.3, 0.4) is 0 Å². The van der Waals surface area contributed by atoms with Gasteiger partial charge in [0.05, 0.1) is 17.4 Å². The Morgan fingerprint density at radius 3 is 2.88 bits per heavy atom. The highest BCUT2D eigenvalue weighted by Gasteiger charge is 2.11. The van der Waals surface area contributed by atoms with Crippen molar-refractivity contribution in [2.45, 2.75) is 0 Å². The summed E-state index contributed by atoms with van der Waals surface area (Å²) in [4.78, 5) is 15.0. The maximum atomic E-state index is 10.8. The molecule has 0 aliphatic heterocycles. The average molecular weight is 229 g/mol. The van der Waals surface area contributed by atoms with Crippen molar-refractivity contribution in [1.29, 1.82) is 0 Å². The molecule has 0 spiro atoms. The number of carboxylic acid groups (broad SMARTS) is 1. The zero-order valence-electron chi connectivity index (χ0n) is 8.58. The highest BCUT2D eigenvalue weighted by Crippen LogP contribution is 2.25. The number of hydrogen-bond acceptors (Lipinski definition) is 4. The number of aromatic nitrogens is 1. The average Bonchev–Trinajstić information content (AvgIpc) is 2.96. The minimum atomic E-state index is -0.992. The van der Waals surface area contributed by atoms with Gasteiger partial charge < -0.3 is 13.9 Å². The first-order valence-corrected chi connectivity index (χ1v) is 4.90. The van der Waals surface area contributed by atoms with E-state index in [-0.39, 0.29) is 5.56 Å². The van der Waals surface area contributed by atoms with Crippen LogP contribution in [-0.2, 0) is 0 Å². The first kappa shape index (κ1) is 9.65. The van der Waals surface area contributed by atoms with Crippen molar-refractivity contribution < 1.29 is 18.7 Å². The summed E-state index contributed by atoms with van der Waals surface area (Å²) in [5, 5.41) is 8.86. The number of oxazole rings is 1. The van der Waals surface area contributed by atoms with E-state index < -0.39 is 5.97 Å². The summed E-state index contributed by atoms with van der Waals surface area (Å²) < 4.78 is 10.4. The van der Waals surface area contributed by atoms with Gasteiger partial charge in [0.1, 0.15) is 11.8 Å². The van der Waals surface area contributed by atoms with Crippen LogP contribution in [0.1, 0.15) is 10.4 Å². The van der Waals surface area contributed by atoms with E-state index >= 15 is 0 Å². The highest BCUT2D eigenvalue weighted by atomic mass is 16.4. The lowest BCUT2D eigenvalue weighted by atomic mass is 10.2. The second-order valence-corrected chi connectivity index (χ2v) is 3.52. The third-order valence-corrected chi connectivity index (χ3v) is 2.40. The van der Waals surface area contributed by atoms with E-state index in [1.807, 2.05) is 0 Å². The quantitative estimate of drug-likeness (QED) is 0.731. The Morgan fingerprint density at radius 2 is 2.18 bits per heavy atom. The number of fused-ring (bicyclic) bond motifs is 1. The van der Waals surface area contributed by atoms with E-state index in [4.69, 9.17) is 13.9 Å². The van der Waals surface area contributed by atoms with Gasteiger partial charge in [0.15, 0.2) is 5.58 Å². The van der Waals surface area contributed by atoms with E-state index in [9.17, 15) is 4.79 Å². The molecule has 0 unspecified atom stereocenters. The molecule has 17 heavy (non-hydrogen) atoms. The van der Waals surface area contributed by atoms with Crippen molar-refractivity contribution in [1.82, 2.24) is 4.98 Å². The summed E-state index contributed by atoms with van der Waals surface area (Å²) in [5.74, 6) is -0.579. The fraction of sp³-hybridized carbons (Fsp3) is 0. The molecule has 0 fully saturated rings. The van der Waals surface area contributed by atoms with Gasteiger partial charge in [-0.1, -0.05) is 0 Å². The summed E-state index contributed by atoms with van der Waals surface area (Å²) in [5.41, 5.74) is 1.96. The topological polar surface area (TPSA) is 76.5 Å². The van der Waals surface area contributed by atoms with Gasteiger partial charge in [0.25, 0.3) is 0 Å². The molecule has 0 aliphatic carbocycles. The van der Waals surface area contributed by atoms with Crippen LogP contribution in [-0.4, -0.2) is 16.1 Å². The van der Waals surface area contributed by atoms with Gasteiger partial charge in [-0.15, -0.1) is 0 Å². The summed E-state index contributed by atoms with van der Waals surface area (Å²) in [6.45, 7) is 0. The van der Waals surface area contributed by atoms with Crippen LogP contribution in [0, 0.1) is 0 Å². The largest absolute Gasteiger partial charge is 0.478 e. The molecule has 0 saturated heterocycles. The third kappa shape index (κ3) is 1.57. The van der Waals surface area contributed by atoms with Gasteiger partial charge in [-0.25, -0.2) is 9.78 Å². The second kappa shape index (κ2) is 3.48. The Balaban J connectivity index is 2.16. The van der Waals surface area contributed by atoms with Gasteiger partial charge in [-0.05, 0) is 24.3 Å². The standard InChI is InChI=1S/C12H7NO4/c14-12(15)7-1-2-9-10(5-7)17-11(13-9)8-3-4-16-6-8/h1-6H,(H,14,15). The Morgan fingerprint density at radius 1 is 1.29 bits per heavy atom. The molecule has 5 nitrogen and oxygen atoms in total. The summed E-state index contributed by atoms with van der Waals surface area (Å²) in [7, 11) is 0. The fourth-order valence-corrected chi connectivity index (χ4v) is 1.57. The zero-order valence-corrected chi connectivity index (χ0v) is 8.58. The van der Waals surface area contributed by atoms with Gasteiger partial charge in [0.2, 0.25) is 5.89 Å². The predicted molar refractivity (Wildman–Crippen MR) is 58.7 cm³/mol. The maximum absolute atomic E-state index is 10.8. The first-order chi connectivity index (χ1) is 8.24. The molecule has 0 radical (unpaired) electrons. The van der Waals surface area contributed by atoms with E-state index in [2.05, 4.69) is 4.98 Å². The Kier molecular flexibility index (Phi) is 1.98. The molecule has 2 heterocycles. The lowest BCUT2D eigenvalue weighted by Crippen LogP contribution is -1.94. The SMILES string of the molecule is O=C(O)c1ccc2nc(-c3ccoc3)oc2c1. The van der Waals surface area contributed by atoms with Gasteiger partial charge in [-0.2, -0.15) is 0 Å². The first-order valence-electron chi connectivity index (χ1n) is 4.90. The van der Waals surface area contributed by atoms with Crippen LogP contribution in [0.25, 0.3) is 22.6 Å². The van der Waals surface area contributed by atoms with Gasteiger partial charge in [-0.3, -0.25) is 0 Å². The number of nitrogens with zero attached hydrogens (tertiary/aromatic N) is 1. The predicted octanol–water partition coefficient (Wildman–Crippen LogP) is 2.79. The van der Waals surface area contributed by atoms with Crippen LogP contribution in [0.2, 0.25) is 0 Å². The number of hydrogen-bond donors (Lipinski definition) is 1. The normalized spacial score (nSPS) is 10.8. The molecule has 0 amide bonds. The summed E-state index contributed by atoms with van der Waals surface area (Å²) in [6, 6.07) is 6.29. The molecule has 0 atom stereocenters. The monoisotopic (exact) mass is 229 g/mol. The van der Waals surface area contributed by atoms with Crippen molar-refractivity contribution in [3.8, 4) is 11.5 Å². The van der Waals surface area contributed by atoms with E-state index in [1.54, 1.807) is 12.1 Å². The molecule has 0 bridgehead atoms. The van der Waals surface area contributed by atoms with Crippen molar-refractivity contribution in [2.75, 3.05) is 0 Å². The van der Waals surface area contributed by atoms with Crippen molar-refractivity contribution in [3.63, 3.8) is 0 Å². The lowest BCUT2D eigenvalue weighted by Gasteiger charge is -1.91. The molecule has 5 heteroatoms. The van der Waals surface area contributed by atoms with Crippen LogP contribution in [0.15, 0.2) is 45.6 Å². The zero-order chi connectivity index (χ0) is 11.8. The number of carboxylic acids is 1. The molecule has 1 N–H and O–H groups in total. The number of carbonyl (C=O) groups is 1. The van der Waals surface area contributed by atoms with Crippen LogP contribution in [0.4, 0.5) is 0 Å². The Bertz CT molecular complexity index is 682. The molecule has 0 aliphatic rings. The van der Waals surface area contributed by atoms with Crippen LogP contribution in [0.5, 0.6) is 0 Å². The minimum absolute atomic E-state index is 0.174. The Hall–Kier alpha value is -2.56. The molecule has 3 rings (SSSR count). The van der Waals surface area contributed by atoms with E-state index in [0.29, 0.717) is 17.0 Å². The van der Waals surface area contributed by atoms with Crippen molar-refractivity contribution >= 4 is 17.1 Å².